The maximum Gasteiger partial charge on any atom is 0.191 e. The van der Waals surface area contributed by atoms with E-state index in [1.807, 2.05) is 0 Å². The van der Waals surface area contributed by atoms with Gasteiger partial charge in [0.05, 0.1) is 5.69 Å². The maximum absolute atomic E-state index is 4.75. The number of aryl methyl sites for hydroxylation is 1. The van der Waals surface area contributed by atoms with Crippen molar-refractivity contribution in [3.63, 3.8) is 0 Å². The molecule has 0 spiro atoms. The van der Waals surface area contributed by atoms with E-state index in [1.165, 1.54) is 31.4 Å². The summed E-state index contributed by atoms with van der Waals surface area (Å²) in [5.41, 5.74) is 3.36. The Morgan fingerprint density at radius 2 is 2.17 bits per heavy atom. The van der Waals surface area contributed by atoms with Crippen LogP contribution in [0.15, 0.2) is 29.5 Å². The Hall–Kier alpha value is -1.35. The molecular formula is C22H37IN6. The first-order valence-electron chi connectivity index (χ1n) is 10.9. The molecule has 2 aromatic heterocycles. The van der Waals surface area contributed by atoms with Crippen molar-refractivity contribution in [3.8, 4) is 0 Å². The number of aliphatic imine (C=N–C) groups is 1. The molecule has 1 saturated heterocycles. The molecule has 3 heterocycles. The zero-order chi connectivity index (χ0) is 19.8. The van der Waals surface area contributed by atoms with Crippen LogP contribution in [0.4, 0.5) is 0 Å². The second-order valence-electron chi connectivity index (χ2n) is 7.83. The number of imidazole rings is 1. The Kier molecular flexibility index (Phi) is 10.2. The molecule has 7 heteroatoms. The van der Waals surface area contributed by atoms with E-state index in [0.29, 0.717) is 0 Å². The van der Waals surface area contributed by atoms with Gasteiger partial charge < -0.3 is 19.9 Å². The van der Waals surface area contributed by atoms with Crippen LogP contribution < -0.4 is 10.6 Å². The molecular weight excluding hydrogens is 475 g/mol. The molecule has 1 unspecified atom stereocenters. The Balaban J connectivity index is 0.00000300. The third-order valence-corrected chi connectivity index (χ3v) is 5.56. The van der Waals surface area contributed by atoms with Gasteiger partial charge in [-0.15, -0.1) is 24.0 Å². The number of likely N-dealkylation sites (tertiary alicyclic amines) is 1. The summed E-state index contributed by atoms with van der Waals surface area (Å²) in [5, 5.41) is 6.80. The third kappa shape index (κ3) is 7.13. The summed E-state index contributed by atoms with van der Waals surface area (Å²) in [4.78, 5) is 12.1. The Morgan fingerprint density at radius 3 is 2.93 bits per heavy atom. The van der Waals surface area contributed by atoms with Gasteiger partial charge in [-0.1, -0.05) is 12.5 Å². The van der Waals surface area contributed by atoms with Crippen molar-refractivity contribution >= 4 is 35.6 Å². The first kappa shape index (κ1) is 23.9. The molecule has 1 atom stereocenters. The van der Waals surface area contributed by atoms with Gasteiger partial charge in [-0.05, 0) is 58.2 Å². The molecule has 1 fully saturated rings. The SMILES string of the molecule is CCNC(=NCCCN1CCCCC1C)NCCc1cn2cccc(C)c2n1.I. The highest BCUT2D eigenvalue weighted by molar-refractivity contribution is 14.0. The fourth-order valence-corrected chi connectivity index (χ4v) is 3.93. The standard InChI is InChI=1S/C22H36N6.HI/c1-4-23-22(24-12-8-16-27-14-6-5-10-19(27)3)25-13-11-20-17-28-15-7-9-18(2)21(28)26-20;/h7,9,15,17,19H,4-6,8,10-14,16H2,1-3H3,(H2,23,24,25);1H. The van der Waals surface area contributed by atoms with Crippen LogP contribution in [-0.2, 0) is 6.42 Å². The number of aromatic nitrogens is 2. The molecule has 3 rings (SSSR count). The lowest BCUT2D eigenvalue weighted by Gasteiger charge is -2.33. The summed E-state index contributed by atoms with van der Waals surface area (Å²) in [5.74, 6) is 0.911. The molecule has 0 saturated carbocycles. The third-order valence-electron chi connectivity index (χ3n) is 5.56. The number of rotatable bonds is 8. The highest BCUT2D eigenvalue weighted by Crippen LogP contribution is 2.16. The Morgan fingerprint density at radius 1 is 1.31 bits per heavy atom. The van der Waals surface area contributed by atoms with Crippen molar-refractivity contribution in [1.29, 1.82) is 0 Å². The molecule has 162 valence electrons. The van der Waals surface area contributed by atoms with E-state index in [1.54, 1.807) is 0 Å². The zero-order valence-electron chi connectivity index (χ0n) is 18.2. The van der Waals surface area contributed by atoms with Crippen LogP contribution in [0.1, 0.15) is 50.8 Å². The molecule has 1 aliphatic heterocycles. The van der Waals surface area contributed by atoms with Crippen molar-refractivity contribution < 1.29 is 0 Å². The summed E-state index contributed by atoms with van der Waals surface area (Å²) in [7, 11) is 0. The predicted octanol–water partition coefficient (Wildman–Crippen LogP) is 3.62. The number of pyridine rings is 1. The summed E-state index contributed by atoms with van der Waals surface area (Å²) in [6, 6.07) is 4.90. The van der Waals surface area contributed by atoms with E-state index < -0.39 is 0 Å². The van der Waals surface area contributed by atoms with Crippen molar-refractivity contribution in [1.82, 2.24) is 24.9 Å². The number of hydrogen-bond donors (Lipinski definition) is 2. The molecule has 2 N–H and O–H groups in total. The second-order valence-corrected chi connectivity index (χ2v) is 7.83. The fraction of sp³-hybridized carbons (Fsp3) is 0.636. The number of halogens is 1. The highest BCUT2D eigenvalue weighted by atomic mass is 127. The molecule has 0 bridgehead atoms. The summed E-state index contributed by atoms with van der Waals surface area (Å²) < 4.78 is 2.10. The van der Waals surface area contributed by atoms with Gasteiger partial charge in [0.1, 0.15) is 5.65 Å². The van der Waals surface area contributed by atoms with E-state index in [4.69, 9.17) is 9.98 Å². The van der Waals surface area contributed by atoms with Gasteiger partial charge in [0.25, 0.3) is 0 Å². The first-order valence-corrected chi connectivity index (χ1v) is 10.9. The van der Waals surface area contributed by atoms with Gasteiger partial charge >= 0.3 is 0 Å². The van der Waals surface area contributed by atoms with E-state index in [-0.39, 0.29) is 24.0 Å². The van der Waals surface area contributed by atoms with Gasteiger partial charge in [0.15, 0.2) is 5.96 Å². The van der Waals surface area contributed by atoms with Crippen LogP contribution in [0, 0.1) is 6.92 Å². The largest absolute Gasteiger partial charge is 0.357 e. The van der Waals surface area contributed by atoms with Crippen LogP contribution in [-0.4, -0.2) is 59.0 Å². The fourth-order valence-electron chi connectivity index (χ4n) is 3.93. The quantitative estimate of drug-likeness (QED) is 0.246. The van der Waals surface area contributed by atoms with Crippen molar-refractivity contribution in [2.75, 3.05) is 32.7 Å². The summed E-state index contributed by atoms with van der Waals surface area (Å²) in [6.07, 6.45) is 10.3. The first-order chi connectivity index (χ1) is 13.7. The molecule has 0 amide bonds. The molecule has 2 aromatic rings. The Labute approximate surface area is 192 Å². The molecule has 0 aromatic carbocycles. The lowest BCUT2D eigenvalue weighted by atomic mass is 10.0. The van der Waals surface area contributed by atoms with Gasteiger partial charge in [-0.2, -0.15) is 0 Å². The maximum atomic E-state index is 4.75. The van der Waals surface area contributed by atoms with Crippen LogP contribution >= 0.6 is 24.0 Å². The topological polar surface area (TPSA) is 57.0 Å². The minimum Gasteiger partial charge on any atom is -0.357 e. The highest BCUT2D eigenvalue weighted by Gasteiger charge is 2.17. The Bertz CT molecular complexity index is 772. The minimum atomic E-state index is 0. The molecule has 1 aliphatic rings. The average Bonchev–Trinajstić information content (AvgIpc) is 3.11. The lowest BCUT2D eigenvalue weighted by Crippen LogP contribution is -2.39. The summed E-state index contributed by atoms with van der Waals surface area (Å²) in [6.45, 7) is 11.6. The van der Waals surface area contributed by atoms with E-state index in [9.17, 15) is 0 Å². The monoisotopic (exact) mass is 512 g/mol. The number of nitrogens with one attached hydrogen (secondary N) is 2. The number of piperidine rings is 1. The normalized spacial score (nSPS) is 17.9. The van der Waals surface area contributed by atoms with Crippen LogP contribution in [0.3, 0.4) is 0 Å². The van der Waals surface area contributed by atoms with Gasteiger partial charge in [0.2, 0.25) is 0 Å². The molecule has 6 nitrogen and oxygen atoms in total. The number of nitrogens with zero attached hydrogens (tertiary/aromatic N) is 4. The van der Waals surface area contributed by atoms with Gasteiger partial charge in [0, 0.05) is 51.0 Å². The zero-order valence-corrected chi connectivity index (χ0v) is 20.5. The van der Waals surface area contributed by atoms with Crippen molar-refractivity contribution in [2.24, 2.45) is 4.99 Å². The van der Waals surface area contributed by atoms with Crippen LogP contribution in [0.5, 0.6) is 0 Å². The molecule has 29 heavy (non-hydrogen) atoms. The lowest BCUT2D eigenvalue weighted by molar-refractivity contribution is 0.160. The number of guanidine groups is 1. The number of hydrogen-bond acceptors (Lipinski definition) is 3. The second kappa shape index (κ2) is 12.4. The van der Waals surface area contributed by atoms with Crippen LogP contribution in [0.25, 0.3) is 5.65 Å². The van der Waals surface area contributed by atoms with Crippen molar-refractivity contribution in [2.45, 2.75) is 58.9 Å². The van der Waals surface area contributed by atoms with E-state index in [0.717, 1.165) is 62.4 Å². The predicted molar refractivity (Wildman–Crippen MR) is 133 cm³/mol. The minimum absolute atomic E-state index is 0. The van der Waals surface area contributed by atoms with Crippen LogP contribution in [0.2, 0.25) is 0 Å². The molecule has 0 radical (unpaired) electrons. The van der Waals surface area contributed by atoms with Crippen molar-refractivity contribution in [3.05, 3.63) is 35.8 Å². The van der Waals surface area contributed by atoms with E-state index in [2.05, 4.69) is 65.2 Å². The average molecular weight is 512 g/mol. The molecule has 0 aliphatic carbocycles. The van der Waals surface area contributed by atoms with E-state index >= 15 is 0 Å². The van der Waals surface area contributed by atoms with Gasteiger partial charge in [-0.25, -0.2) is 4.98 Å². The number of fused-ring (bicyclic) bond motifs is 1. The van der Waals surface area contributed by atoms with Gasteiger partial charge in [-0.3, -0.25) is 4.99 Å². The smallest absolute Gasteiger partial charge is 0.191 e. The summed E-state index contributed by atoms with van der Waals surface area (Å²) >= 11 is 0.